The number of hydrogen-bond donors (Lipinski definition) is 1. The zero-order chi connectivity index (χ0) is 30.4. The van der Waals surface area contributed by atoms with E-state index in [4.69, 9.17) is 4.74 Å². The maximum atomic E-state index is 14.5. The van der Waals surface area contributed by atoms with Gasteiger partial charge in [-0.1, -0.05) is 30.3 Å². The summed E-state index contributed by atoms with van der Waals surface area (Å²) in [5.41, 5.74) is -0.886. The Morgan fingerprint density at radius 3 is 2.42 bits per heavy atom. The number of carbonyl (C=O) groups is 3. The molecule has 4 heterocycles. The predicted molar refractivity (Wildman–Crippen MR) is 156 cm³/mol. The number of carbonyl (C=O) groups excluding carboxylic acids is 3. The van der Waals surface area contributed by atoms with E-state index in [1.807, 2.05) is 0 Å². The van der Waals surface area contributed by atoms with Crippen LogP contribution in [0.3, 0.4) is 0 Å². The van der Waals surface area contributed by atoms with E-state index in [1.165, 1.54) is 50.6 Å². The molecule has 3 aromatic rings. The Morgan fingerprint density at radius 1 is 1.02 bits per heavy atom. The summed E-state index contributed by atoms with van der Waals surface area (Å²) >= 11 is 0. The fraction of sp³-hybridized carbons (Fsp3) is 0.226. The molecular formula is C31H28N4O7S. The first-order valence-electron chi connectivity index (χ1n) is 13.6. The highest BCUT2D eigenvalue weighted by atomic mass is 32.2. The van der Waals surface area contributed by atoms with Crippen molar-refractivity contribution in [2.24, 2.45) is 0 Å². The smallest absolute Gasteiger partial charge is 0.296 e. The molecule has 43 heavy (non-hydrogen) atoms. The van der Waals surface area contributed by atoms with E-state index < -0.39 is 44.5 Å². The Balaban J connectivity index is 1.52. The van der Waals surface area contributed by atoms with Gasteiger partial charge in [-0.3, -0.25) is 19.4 Å². The number of aromatic nitrogens is 1. The van der Waals surface area contributed by atoms with Crippen molar-refractivity contribution < 1.29 is 32.6 Å². The molecule has 2 fully saturated rings. The van der Waals surface area contributed by atoms with Crippen LogP contribution in [0.25, 0.3) is 5.76 Å². The van der Waals surface area contributed by atoms with Gasteiger partial charge in [0.25, 0.3) is 17.6 Å². The molecule has 3 aliphatic heterocycles. The lowest BCUT2D eigenvalue weighted by atomic mass is 9.81. The average molecular weight is 601 g/mol. The zero-order valence-corrected chi connectivity index (χ0v) is 23.9. The van der Waals surface area contributed by atoms with Crippen molar-refractivity contribution in [3.05, 3.63) is 108 Å². The fourth-order valence-electron chi connectivity index (χ4n) is 5.94. The van der Waals surface area contributed by atoms with Gasteiger partial charge in [-0.25, -0.2) is 8.42 Å². The number of benzene rings is 2. The summed E-state index contributed by atoms with van der Waals surface area (Å²) in [4.78, 5) is 48.7. The number of hydrogen-bond acceptors (Lipinski definition) is 8. The van der Waals surface area contributed by atoms with Crippen molar-refractivity contribution in [3.8, 4) is 0 Å². The number of anilines is 1. The van der Waals surface area contributed by atoms with Gasteiger partial charge < -0.3 is 19.6 Å². The minimum absolute atomic E-state index is 0.00265. The number of sulfonamides is 1. The third-order valence-electron chi connectivity index (χ3n) is 7.92. The number of ketones is 1. The molecule has 0 saturated carbocycles. The summed E-state index contributed by atoms with van der Waals surface area (Å²) in [6, 6.07) is 15.6. The van der Waals surface area contributed by atoms with E-state index in [2.05, 4.69) is 11.6 Å². The van der Waals surface area contributed by atoms with E-state index in [0.717, 1.165) is 0 Å². The Labute approximate surface area is 248 Å². The summed E-state index contributed by atoms with van der Waals surface area (Å²) in [5.74, 6) is -3.17. The Morgan fingerprint density at radius 2 is 1.74 bits per heavy atom. The van der Waals surface area contributed by atoms with Crippen LogP contribution in [0.5, 0.6) is 0 Å². The van der Waals surface area contributed by atoms with Crippen LogP contribution in [-0.4, -0.2) is 78.2 Å². The van der Waals surface area contributed by atoms with Crippen LogP contribution < -0.4 is 4.90 Å². The number of amides is 2. The molecule has 1 spiro atoms. The minimum atomic E-state index is -3.82. The molecule has 6 rings (SSSR count). The summed E-state index contributed by atoms with van der Waals surface area (Å²) in [5, 5.41) is 11.7. The van der Waals surface area contributed by atoms with Crippen LogP contribution in [0.15, 0.2) is 96.2 Å². The van der Waals surface area contributed by atoms with Crippen molar-refractivity contribution >= 4 is 39.1 Å². The molecule has 12 heteroatoms. The summed E-state index contributed by atoms with van der Waals surface area (Å²) in [6.07, 6.45) is 4.64. The maximum Gasteiger partial charge on any atom is 0.296 e. The minimum Gasteiger partial charge on any atom is -0.507 e. The van der Waals surface area contributed by atoms with Gasteiger partial charge in [-0.15, -0.1) is 6.58 Å². The highest BCUT2D eigenvalue weighted by Gasteiger charge is 2.67. The lowest BCUT2D eigenvalue weighted by Gasteiger charge is -2.34. The SMILES string of the molecule is C=CCN1C(=O)C2(/C(=C(/O)c3ccc(S(=O)(=O)N4CCOCC4)cc3)C(=O)C(=O)N2Cc2cccnc2)c2ccccc21. The second-order valence-electron chi connectivity index (χ2n) is 10.3. The van der Waals surface area contributed by atoms with Crippen LogP contribution in [0, 0.1) is 0 Å². The maximum absolute atomic E-state index is 14.5. The number of Topliss-reactive ketones (excluding diaryl/α,β-unsaturated/α-hetero) is 1. The molecule has 0 aliphatic carbocycles. The first-order valence-corrected chi connectivity index (χ1v) is 15.1. The standard InChI is InChI=1S/C31H28N4O7S/c1-2-14-34-25-8-4-3-7-24(25)31(30(34)39)26(28(37)29(38)35(31)20-21-6-5-13-32-19-21)27(36)22-9-11-23(12-10-22)43(40,41)33-15-17-42-18-16-33/h2-13,19,36H,1,14-18,20H2/b27-26+. The van der Waals surface area contributed by atoms with Crippen LogP contribution in [-0.2, 0) is 41.2 Å². The molecular weight excluding hydrogens is 572 g/mol. The third-order valence-corrected chi connectivity index (χ3v) is 9.83. The summed E-state index contributed by atoms with van der Waals surface area (Å²) in [7, 11) is -3.82. The molecule has 0 radical (unpaired) electrons. The lowest BCUT2D eigenvalue weighted by Crippen LogP contribution is -2.51. The fourth-order valence-corrected chi connectivity index (χ4v) is 7.35. The normalized spacial score (nSPS) is 21.9. The number of morpholine rings is 1. The Kier molecular flexibility index (Phi) is 7.20. The summed E-state index contributed by atoms with van der Waals surface area (Å²) in [6.45, 7) is 4.73. The quantitative estimate of drug-likeness (QED) is 0.189. The second-order valence-corrected chi connectivity index (χ2v) is 12.2. The molecule has 1 N–H and O–H groups in total. The first-order chi connectivity index (χ1) is 20.7. The van der Waals surface area contributed by atoms with Gasteiger partial charge >= 0.3 is 0 Å². The number of likely N-dealkylation sites (tertiary alicyclic amines) is 1. The van der Waals surface area contributed by atoms with Crippen LogP contribution in [0.4, 0.5) is 5.69 Å². The Hall–Kier alpha value is -4.65. The van der Waals surface area contributed by atoms with Crippen LogP contribution in [0.2, 0.25) is 0 Å². The number of aliphatic hydroxyl groups is 1. The van der Waals surface area contributed by atoms with E-state index in [-0.39, 0.29) is 49.9 Å². The molecule has 1 atom stereocenters. The van der Waals surface area contributed by atoms with Crippen molar-refractivity contribution in [1.29, 1.82) is 0 Å². The van der Waals surface area contributed by atoms with Gasteiger partial charge in [0.1, 0.15) is 5.76 Å². The van der Waals surface area contributed by atoms with Crippen molar-refractivity contribution in [2.45, 2.75) is 17.0 Å². The molecule has 0 bridgehead atoms. The molecule has 11 nitrogen and oxygen atoms in total. The highest BCUT2D eigenvalue weighted by Crippen LogP contribution is 2.54. The van der Waals surface area contributed by atoms with Crippen molar-refractivity contribution in [1.82, 2.24) is 14.2 Å². The van der Waals surface area contributed by atoms with Gasteiger partial charge in [0.15, 0.2) is 5.54 Å². The number of rotatable bonds is 7. The molecule has 2 aromatic carbocycles. The molecule has 2 saturated heterocycles. The van der Waals surface area contributed by atoms with Gasteiger partial charge in [0.05, 0.1) is 29.4 Å². The monoisotopic (exact) mass is 600 g/mol. The molecule has 2 amide bonds. The second kappa shape index (κ2) is 10.9. The topological polar surface area (TPSA) is 137 Å². The van der Waals surface area contributed by atoms with E-state index in [0.29, 0.717) is 16.8 Å². The molecule has 3 aliphatic rings. The number of para-hydroxylation sites is 1. The van der Waals surface area contributed by atoms with E-state index >= 15 is 0 Å². The van der Waals surface area contributed by atoms with E-state index in [9.17, 15) is 27.9 Å². The average Bonchev–Trinajstić information content (AvgIpc) is 3.41. The molecule has 1 unspecified atom stereocenters. The number of ether oxygens (including phenoxy) is 1. The predicted octanol–water partition coefficient (Wildman–Crippen LogP) is 2.41. The van der Waals surface area contributed by atoms with Crippen molar-refractivity contribution in [2.75, 3.05) is 37.7 Å². The third kappa shape index (κ3) is 4.37. The molecule has 220 valence electrons. The largest absolute Gasteiger partial charge is 0.507 e. The number of fused-ring (bicyclic) bond motifs is 2. The van der Waals surface area contributed by atoms with Crippen LogP contribution >= 0.6 is 0 Å². The lowest BCUT2D eigenvalue weighted by molar-refractivity contribution is -0.144. The number of pyridine rings is 1. The van der Waals surface area contributed by atoms with Crippen molar-refractivity contribution in [3.63, 3.8) is 0 Å². The van der Waals surface area contributed by atoms with Gasteiger partial charge in [-0.05, 0) is 42.0 Å². The summed E-state index contributed by atoms with van der Waals surface area (Å²) < 4.78 is 32.9. The highest BCUT2D eigenvalue weighted by molar-refractivity contribution is 7.89. The van der Waals surface area contributed by atoms with E-state index in [1.54, 1.807) is 42.6 Å². The van der Waals surface area contributed by atoms with Gasteiger partial charge in [0, 0.05) is 49.7 Å². The molecule has 1 aromatic heterocycles. The Bertz CT molecular complexity index is 1770. The van der Waals surface area contributed by atoms with Gasteiger partial charge in [-0.2, -0.15) is 4.31 Å². The zero-order valence-electron chi connectivity index (χ0n) is 23.0. The number of nitrogens with zero attached hydrogens (tertiary/aromatic N) is 4. The van der Waals surface area contributed by atoms with Gasteiger partial charge in [0.2, 0.25) is 10.0 Å². The number of aliphatic hydroxyl groups excluding tert-OH is 1. The van der Waals surface area contributed by atoms with Crippen LogP contribution in [0.1, 0.15) is 16.7 Å². The first kappa shape index (κ1) is 28.5.